The lowest BCUT2D eigenvalue weighted by Gasteiger charge is -2.35. The van der Waals surface area contributed by atoms with E-state index in [1.54, 1.807) is 36.1 Å². The van der Waals surface area contributed by atoms with Crippen molar-refractivity contribution in [2.75, 3.05) is 31.1 Å². The standard InChI is InChI=1S/C21H21N5O2/c1-15(28-19-9-5-2-6-16(19)14-22)20(27)25-10-12-26(13-11-25)21-23-17-7-3-4-8-18(17)24-21/h2-9,15H,10-13H2,1H3,(H,23,24)/t15-/m0/s1. The minimum atomic E-state index is -0.646. The van der Waals surface area contributed by atoms with Crippen molar-refractivity contribution in [2.24, 2.45) is 0 Å². The fourth-order valence-corrected chi connectivity index (χ4v) is 3.39. The number of hydrogen-bond donors (Lipinski definition) is 1. The van der Waals surface area contributed by atoms with Crippen LogP contribution in [-0.2, 0) is 4.79 Å². The quantitative estimate of drug-likeness (QED) is 0.757. The highest BCUT2D eigenvalue weighted by molar-refractivity contribution is 5.81. The molecule has 1 saturated heterocycles. The molecule has 1 aliphatic rings. The number of fused-ring (bicyclic) bond motifs is 1. The van der Waals surface area contributed by atoms with Gasteiger partial charge in [0.1, 0.15) is 11.8 Å². The minimum Gasteiger partial charge on any atom is -0.480 e. The lowest BCUT2D eigenvalue weighted by molar-refractivity contribution is -0.138. The lowest BCUT2D eigenvalue weighted by atomic mass is 10.2. The van der Waals surface area contributed by atoms with Gasteiger partial charge in [-0.05, 0) is 31.2 Å². The van der Waals surface area contributed by atoms with Gasteiger partial charge in [0.15, 0.2) is 6.10 Å². The summed E-state index contributed by atoms with van der Waals surface area (Å²) >= 11 is 0. The molecule has 2 aromatic carbocycles. The maximum Gasteiger partial charge on any atom is 0.263 e. The Kier molecular flexibility index (Phi) is 4.85. The van der Waals surface area contributed by atoms with Crippen LogP contribution in [0.3, 0.4) is 0 Å². The summed E-state index contributed by atoms with van der Waals surface area (Å²) in [4.78, 5) is 24.7. The van der Waals surface area contributed by atoms with Gasteiger partial charge in [0, 0.05) is 26.2 Å². The summed E-state index contributed by atoms with van der Waals surface area (Å²) in [5.74, 6) is 1.20. The maximum atomic E-state index is 12.8. The number of hydrogen-bond acceptors (Lipinski definition) is 5. The van der Waals surface area contributed by atoms with Gasteiger partial charge in [-0.2, -0.15) is 5.26 Å². The second-order valence-electron chi connectivity index (χ2n) is 6.76. The molecule has 1 aromatic heterocycles. The Morgan fingerprint density at radius 2 is 1.86 bits per heavy atom. The van der Waals surface area contributed by atoms with E-state index in [1.807, 2.05) is 24.3 Å². The van der Waals surface area contributed by atoms with Crippen LogP contribution in [0.4, 0.5) is 5.95 Å². The summed E-state index contributed by atoms with van der Waals surface area (Å²) in [6.45, 7) is 4.33. The van der Waals surface area contributed by atoms with E-state index in [4.69, 9.17) is 10.00 Å². The number of amides is 1. The Balaban J connectivity index is 1.37. The van der Waals surface area contributed by atoms with Crippen LogP contribution in [0.5, 0.6) is 5.75 Å². The van der Waals surface area contributed by atoms with E-state index in [2.05, 4.69) is 20.9 Å². The molecule has 0 unspecified atom stereocenters. The number of rotatable bonds is 4. The summed E-state index contributed by atoms with van der Waals surface area (Å²) in [6.07, 6.45) is -0.646. The summed E-state index contributed by atoms with van der Waals surface area (Å²) in [6, 6.07) is 17.0. The third-order valence-corrected chi connectivity index (χ3v) is 4.93. The van der Waals surface area contributed by atoms with Crippen molar-refractivity contribution in [1.82, 2.24) is 14.9 Å². The van der Waals surface area contributed by atoms with Crippen molar-refractivity contribution in [3.63, 3.8) is 0 Å². The molecule has 0 spiro atoms. The first kappa shape index (κ1) is 17.9. The van der Waals surface area contributed by atoms with Crippen molar-refractivity contribution in [2.45, 2.75) is 13.0 Å². The molecule has 0 saturated carbocycles. The largest absolute Gasteiger partial charge is 0.480 e. The molecule has 1 N–H and O–H groups in total. The summed E-state index contributed by atoms with van der Waals surface area (Å²) in [5.41, 5.74) is 2.38. The van der Waals surface area contributed by atoms with Gasteiger partial charge in [-0.15, -0.1) is 0 Å². The van der Waals surface area contributed by atoms with E-state index in [0.717, 1.165) is 17.0 Å². The average molecular weight is 375 g/mol. The zero-order chi connectivity index (χ0) is 19.5. The van der Waals surface area contributed by atoms with Crippen molar-refractivity contribution < 1.29 is 9.53 Å². The molecular formula is C21H21N5O2. The molecule has 28 heavy (non-hydrogen) atoms. The van der Waals surface area contributed by atoms with E-state index in [9.17, 15) is 4.79 Å². The Morgan fingerprint density at radius 1 is 1.14 bits per heavy atom. The molecule has 0 radical (unpaired) electrons. The lowest BCUT2D eigenvalue weighted by Crippen LogP contribution is -2.52. The number of piperazine rings is 1. The molecular weight excluding hydrogens is 354 g/mol. The Morgan fingerprint density at radius 3 is 2.61 bits per heavy atom. The van der Waals surface area contributed by atoms with Crippen molar-refractivity contribution in [1.29, 1.82) is 5.26 Å². The first-order chi connectivity index (χ1) is 13.7. The Hall–Kier alpha value is -3.53. The minimum absolute atomic E-state index is 0.0722. The molecule has 0 aliphatic carbocycles. The molecule has 1 amide bonds. The van der Waals surface area contributed by atoms with Gasteiger partial charge in [0.2, 0.25) is 5.95 Å². The monoisotopic (exact) mass is 375 g/mol. The third kappa shape index (κ3) is 3.49. The van der Waals surface area contributed by atoms with Crippen LogP contribution in [0.25, 0.3) is 11.0 Å². The Labute approximate surface area is 163 Å². The highest BCUT2D eigenvalue weighted by Gasteiger charge is 2.27. The second kappa shape index (κ2) is 7.61. The second-order valence-corrected chi connectivity index (χ2v) is 6.76. The zero-order valence-electron chi connectivity index (χ0n) is 15.6. The van der Waals surface area contributed by atoms with E-state index >= 15 is 0 Å². The summed E-state index contributed by atoms with van der Waals surface area (Å²) < 4.78 is 5.76. The molecule has 2 heterocycles. The van der Waals surface area contributed by atoms with Crippen LogP contribution >= 0.6 is 0 Å². The number of imidazole rings is 1. The number of nitrogens with one attached hydrogen (secondary N) is 1. The fraction of sp³-hybridized carbons (Fsp3) is 0.286. The van der Waals surface area contributed by atoms with Gasteiger partial charge >= 0.3 is 0 Å². The number of carbonyl (C=O) groups excluding carboxylic acids is 1. The number of H-pyrrole nitrogens is 1. The maximum absolute atomic E-state index is 12.8. The van der Waals surface area contributed by atoms with Gasteiger partial charge in [-0.1, -0.05) is 24.3 Å². The van der Waals surface area contributed by atoms with Gasteiger partial charge < -0.3 is 19.5 Å². The van der Waals surface area contributed by atoms with E-state index in [1.165, 1.54) is 0 Å². The van der Waals surface area contributed by atoms with Gasteiger partial charge in [-0.25, -0.2) is 4.98 Å². The molecule has 4 rings (SSSR count). The Bertz CT molecular complexity index is 997. The number of benzene rings is 2. The number of anilines is 1. The number of aromatic nitrogens is 2. The highest BCUT2D eigenvalue weighted by atomic mass is 16.5. The number of carbonyl (C=O) groups is 1. The molecule has 142 valence electrons. The number of nitriles is 1. The molecule has 3 aromatic rings. The van der Waals surface area contributed by atoms with E-state index in [0.29, 0.717) is 37.5 Å². The van der Waals surface area contributed by atoms with Crippen LogP contribution in [0, 0.1) is 11.3 Å². The number of nitrogens with zero attached hydrogens (tertiary/aromatic N) is 4. The van der Waals surface area contributed by atoms with Crippen LogP contribution < -0.4 is 9.64 Å². The number of aromatic amines is 1. The SMILES string of the molecule is C[C@H](Oc1ccccc1C#N)C(=O)N1CCN(c2nc3ccccc3[nH]2)CC1. The highest BCUT2D eigenvalue weighted by Crippen LogP contribution is 2.21. The van der Waals surface area contributed by atoms with Gasteiger partial charge in [0.25, 0.3) is 5.91 Å². The van der Waals surface area contributed by atoms with Gasteiger partial charge in [0.05, 0.1) is 16.6 Å². The molecule has 0 bridgehead atoms. The molecule has 7 heteroatoms. The first-order valence-corrected chi connectivity index (χ1v) is 9.30. The summed E-state index contributed by atoms with van der Waals surface area (Å²) in [5, 5.41) is 9.17. The van der Waals surface area contributed by atoms with Crippen molar-refractivity contribution >= 4 is 22.9 Å². The number of ether oxygens (including phenoxy) is 1. The van der Waals surface area contributed by atoms with Crippen LogP contribution in [0.1, 0.15) is 12.5 Å². The smallest absolute Gasteiger partial charge is 0.263 e. The van der Waals surface area contributed by atoms with E-state index < -0.39 is 6.10 Å². The van der Waals surface area contributed by atoms with Crippen LogP contribution in [0.15, 0.2) is 48.5 Å². The molecule has 1 atom stereocenters. The third-order valence-electron chi connectivity index (χ3n) is 4.93. The average Bonchev–Trinajstić information content (AvgIpc) is 3.18. The topological polar surface area (TPSA) is 85.2 Å². The zero-order valence-corrected chi connectivity index (χ0v) is 15.6. The van der Waals surface area contributed by atoms with Crippen LogP contribution in [0.2, 0.25) is 0 Å². The predicted octanol–water partition coefficient (Wildman–Crippen LogP) is 2.55. The number of para-hydroxylation sites is 3. The van der Waals surface area contributed by atoms with Crippen LogP contribution in [-0.4, -0.2) is 53.1 Å². The normalized spacial score (nSPS) is 15.3. The fourth-order valence-electron chi connectivity index (χ4n) is 3.39. The van der Waals surface area contributed by atoms with E-state index in [-0.39, 0.29) is 5.91 Å². The molecule has 7 nitrogen and oxygen atoms in total. The molecule has 1 aliphatic heterocycles. The van der Waals surface area contributed by atoms with Gasteiger partial charge in [-0.3, -0.25) is 4.79 Å². The summed E-state index contributed by atoms with van der Waals surface area (Å²) in [7, 11) is 0. The van der Waals surface area contributed by atoms with Crippen molar-refractivity contribution in [3.8, 4) is 11.8 Å². The molecule has 1 fully saturated rings. The van der Waals surface area contributed by atoms with Crippen molar-refractivity contribution in [3.05, 3.63) is 54.1 Å². The predicted molar refractivity (Wildman–Crippen MR) is 106 cm³/mol. The first-order valence-electron chi connectivity index (χ1n) is 9.30.